The molecule has 0 aliphatic rings. The minimum absolute atomic E-state index is 0.0324. The molecule has 0 spiro atoms. The van der Waals surface area contributed by atoms with Gasteiger partial charge in [0.2, 0.25) is 5.91 Å². The van der Waals surface area contributed by atoms with Crippen LogP contribution in [-0.4, -0.2) is 20.1 Å². The molecule has 0 saturated carbocycles. The van der Waals surface area contributed by atoms with Crippen LogP contribution in [0.1, 0.15) is 45.4 Å². The highest BCUT2D eigenvalue weighted by Gasteiger charge is 2.08. The molecular weight excluding hydrogens is 254 g/mol. The van der Waals surface area contributed by atoms with Crippen molar-refractivity contribution in [2.75, 3.05) is 19.5 Å². The summed E-state index contributed by atoms with van der Waals surface area (Å²) in [5.74, 6) is 1.35. The predicted molar refractivity (Wildman–Crippen MR) is 81.6 cm³/mol. The van der Waals surface area contributed by atoms with Gasteiger partial charge in [-0.3, -0.25) is 4.79 Å². The second kappa shape index (κ2) is 9.23. The minimum Gasteiger partial charge on any atom is -0.497 e. The Morgan fingerprint density at radius 2 is 1.85 bits per heavy atom. The molecular formula is C16H25NO3. The zero-order chi connectivity index (χ0) is 14.8. The van der Waals surface area contributed by atoms with E-state index in [1.54, 1.807) is 32.4 Å². The fraction of sp³-hybridized carbons (Fsp3) is 0.562. The number of rotatable bonds is 9. The van der Waals surface area contributed by atoms with Gasteiger partial charge in [0.15, 0.2) is 0 Å². The fourth-order valence-electron chi connectivity index (χ4n) is 2.00. The van der Waals surface area contributed by atoms with Crippen LogP contribution in [0.5, 0.6) is 11.5 Å². The smallest absolute Gasteiger partial charge is 0.224 e. The molecule has 0 radical (unpaired) electrons. The zero-order valence-electron chi connectivity index (χ0n) is 12.7. The summed E-state index contributed by atoms with van der Waals surface area (Å²) in [4.78, 5) is 11.9. The monoisotopic (exact) mass is 279 g/mol. The van der Waals surface area contributed by atoms with Crippen LogP contribution in [0.2, 0.25) is 0 Å². The molecule has 4 heteroatoms. The lowest BCUT2D eigenvalue weighted by atomic mass is 10.1. The van der Waals surface area contributed by atoms with Gasteiger partial charge >= 0.3 is 0 Å². The van der Waals surface area contributed by atoms with E-state index in [9.17, 15) is 4.79 Å². The summed E-state index contributed by atoms with van der Waals surface area (Å²) in [5.41, 5.74) is 0.687. The van der Waals surface area contributed by atoms with Gasteiger partial charge in [-0.05, 0) is 18.6 Å². The van der Waals surface area contributed by atoms with E-state index < -0.39 is 0 Å². The Balaban J connectivity index is 2.45. The van der Waals surface area contributed by atoms with Gasteiger partial charge in [0.25, 0.3) is 0 Å². The Morgan fingerprint density at radius 1 is 1.10 bits per heavy atom. The molecule has 4 nitrogen and oxygen atoms in total. The van der Waals surface area contributed by atoms with Crippen molar-refractivity contribution in [1.29, 1.82) is 0 Å². The molecule has 112 valence electrons. The van der Waals surface area contributed by atoms with Crippen LogP contribution in [0.25, 0.3) is 0 Å². The lowest BCUT2D eigenvalue weighted by Crippen LogP contribution is -2.12. The van der Waals surface area contributed by atoms with Gasteiger partial charge in [-0.25, -0.2) is 0 Å². The standard InChI is InChI=1S/C16H25NO3/c1-4-5-6-7-8-9-16(18)17-14-11-10-13(19-2)12-15(14)20-3/h10-12H,4-9H2,1-3H3,(H,17,18). The fourth-order valence-corrected chi connectivity index (χ4v) is 2.00. The van der Waals surface area contributed by atoms with Crippen molar-refractivity contribution < 1.29 is 14.3 Å². The van der Waals surface area contributed by atoms with Crippen molar-refractivity contribution in [2.24, 2.45) is 0 Å². The van der Waals surface area contributed by atoms with Crippen molar-refractivity contribution in [3.63, 3.8) is 0 Å². The van der Waals surface area contributed by atoms with Crippen molar-refractivity contribution in [2.45, 2.75) is 45.4 Å². The van der Waals surface area contributed by atoms with E-state index in [0.717, 1.165) is 12.8 Å². The van der Waals surface area contributed by atoms with Gasteiger partial charge < -0.3 is 14.8 Å². The lowest BCUT2D eigenvalue weighted by molar-refractivity contribution is -0.116. The van der Waals surface area contributed by atoms with Gasteiger partial charge in [-0.15, -0.1) is 0 Å². The Kier molecular flexibility index (Phi) is 7.55. The van der Waals surface area contributed by atoms with E-state index in [0.29, 0.717) is 23.6 Å². The van der Waals surface area contributed by atoms with Crippen LogP contribution >= 0.6 is 0 Å². The molecule has 1 amide bonds. The maximum absolute atomic E-state index is 11.9. The quantitative estimate of drug-likeness (QED) is 0.695. The van der Waals surface area contributed by atoms with E-state index in [4.69, 9.17) is 9.47 Å². The molecule has 0 aliphatic carbocycles. The van der Waals surface area contributed by atoms with E-state index in [1.807, 2.05) is 0 Å². The summed E-state index contributed by atoms with van der Waals surface area (Å²) in [6, 6.07) is 5.36. The predicted octanol–water partition coefficient (Wildman–Crippen LogP) is 4.00. The Bertz CT molecular complexity index is 418. The van der Waals surface area contributed by atoms with Gasteiger partial charge in [0.1, 0.15) is 11.5 Å². The summed E-state index contributed by atoms with van der Waals surface area (Å²) >= 11 is 0. The molecule has 0 saturated heterocycles. The number of methoxy groups -OCH3 is 2. The number of hydrogen-bond acceptors (Lipinski definition) is 3. The number of unbranched alkanes of at least 4 members (excludes halogenated alkanes) is 4. The first kappa shape index (κ1) is 16.3. The Hall–Kier alpha value is -1.71. The van der Waals surface area contributed by atoms with Crippen LogP contribution in [0, 0.1) is 0 Å². The average molecular weight is 279 g/mol. The molecule has 0 bridgehead atoms. The number of carbonyl (C=O) groups excluding carboxylic acids is 1. The first-order valence-electron chi connectivity index (χ1n) is 7.23. The van der Waals surface area contributed by atoms with Crippen molar-refractivity contribution in [3.05, 3.63) is 18.2 Å². The minimum atomic E-state index is 0.0324. The van der Waals surface area contributed by atoms with Crippen LogP contribution in [0.15, 0.2) is 18.2 Å². The summed E-state index contributed by atoms with van der Waals surface area (Å²) in [7, 11) is 3.18. The van der Waals surface area contributed by atoms with Crippen LogP contribution in [0.3, 0.4) is 0 Å². The van der Waals surface area contributed by atoms with Gasteiger partial charge in [-0.2, -0.15) is 0 Å². The summed E-state index contributed by atoms with van der Waals surface area (Å²) in [6.07, 6.45) is 6.27. The molecule has 20 heavy (non-hydrogen) atoms. The van der Waals surface area contributed by atoms with Crippen molar-refractivity contribution >= 4 is 11.6 Å². The van der Waals surface area contributed by atoms with E-state index in [-0.39, 0.29) is 5.91 Å². The summed E-state index contributed by atoms with van der Waals surface area (Å²) < 4.78 is 10.4. The maximum atomic E-state index is 11.9. The number of carbonyl (C=O) groups is 1. The molecule has 0 unspecified atom stereocenters. The molecule has 1 aromatic carbocycles. The molecule has 0 aliphatic heterocycles. The molecule has 0 aromatic heterocycles. The van der Waals surface area contributed by atoms with Crippen molar-refractivity contribution in [1.82, 2.24) is 0 Å². The Labute approximate surface area is 121 Å². The van der Waals surface area contributed by atoms with Gasteiger partial charge in [-0.1, -0.05) is 32.6 Å². The second-order valence-corrected chi connectivity index (χ2v) is 4.78. The summed E-state index contributed by atoms with van der Waals surface area (Å²) in [6.45, 7) is 2.18. The third kappa shape index (κ3) is 5.51. The average Bonchev–Trinajstić information content (AvgIpc) is 2.47. The number of hydrogen-bond donors (Lipinski definition) is 1. The highest BCUT2D eigenvalue weighted by molar-refractivity contribution is 5.92. The van der Waals surface area contributed by atoms with Gasteiger partial charge in [0.05, 0.1) is 19.9 Å². The molecule has 1 rings (SSSR count). The summed E-state index contributed by atoms with van der Waals surface area (Å²) in [5, 5.41) is 2.88. The van der Waals surface area contributed by atoms with Crippen LogP contribution in [-0.2, 0) is 4.79 Å². The number of ether oxygens (including phenoxy) is 2. The number of anilines is 1. The number of nitrogens with one attached hydrogen (secondary N) is 1. The zero-order valence-corrected chi connectivity index (χ0v) is 12.7. The lowest BCUT2D eigenvalue weighted by Gasteiger charge is -2.11. The molecule has 1 aromatic rings. The van der Waals surface area contributed by atoms with Gasteiger partial charge in [0, 0.05) is 12.5 Å². The highest BCUT2D eigenvalue weighted by Crippen LogP contribution is 2.29. The van der Waals surface area contributed by atoms with Crippen LogP contribution in [0.4, 0.5) is 5.69 Å². The largest absolute Gasteiger partial charge is 0.497 e. The van der Waals surface area contributed by atoms with Crippen LogP contribution < -0.4 is 14.8 Å². The molecule has 1 N–H and O–H groups in total. The van der Waals surface area contributed by atoms with E-state index in [2.05, 4.69) is 12.2 Å². The third-order valence-electron chi connectivity index (χ3n) is 3.19. The SMILES string of the molecule is CCCCCCCC(=O)Nc1ccc(OC)cc1OC. The molecule has 0 atom stereocenters. The Morgan fingerprint density at radius 3 is 2.50 bits per heavy atom. The topological polar surface area (TPSA) is 47.6 Å². The third-order valence-corrected chi connectivity index (χ3v) is 3.19. The normalized spacial score (nSPS) is 10.2. The first-order chi connectivity index (χ1) is 9.71. The first-order valence-corrected chi connectivity index (χ1v) is 7.23. The van der Waals surface area contributed by atoms with Crippen molar-refractivity contribution in [3.8, 4) is 11.5 Å². The van der Waals surface area contributed by atoms with E-state index >= 15 is 0 Å². The highest BCUT2D eigenvalue weighted by atomic mass is 16.5. The van der Waals surface area contributed by atoms with E-state index in [1.165, 1.54) is 19.3 Å². The maximum Gasteiger partial charge on any atom is 0.224 e. The molecule has 0 fully saturated rings. The second-order valence-electron chi connectivity index (χ2n) is 4.78. The number of amides is 1. The molecule has 0 heterocycles. The number of benzene rings is 1.